The van der Waals surface area contributed by atoms with Crippen molar-refractivity contribution >= 4 is 33.6 Å². The topological polar surface area (TPSA) is 40.6 Å². The molecule has 16 heavy (non-hydrogen) atoms. The minimum absolute atomic E-state index is 0.147. The molecule has 0 saturated carbocycles. The van der Waals surface area contributed by atoms with Crippen LogP contribution in [-0.4, -0.2) is 30.4 Å². The van der Waals surface area contributed by atoms with E-state index in [9.17, 15) is 9.59 Å². The zero-order valence-corrected chi connectivity index (χ0v) is 10.6. The summed E-state index contributed by atoms with van der Waals surface area (Å²) in [5, 5.41) is 0. The Morgan fingerprint density at radius 2 is 2.00 bits per heavy atom. The van der Waals surface area contributed by atoms with Crippen molar-refractivity contribution in [3.8, 4) is 0 Å². The van der Waals surface area contributed by atoms with Gasteiger partial charge in [-0.1, -0.05) is 15.9 Å². The highest BCUT2D eigenvalue weighted by Crippen LogP contribution is 2.25. The predicted octanol–water partition coefficient (Wildman–Crippen LogP) is 2.16. The van der Waals surface area contributed by atoms with E-state index in [1.165, 1.54) is 9.80 Å². The van der Waals surface area contributed by atoms with Gasteiger partial charge in [-0.15, -0.1) is 0 Å². The first-order valence-corrected chi connectivity index (χ1v) is 5.64. The largest absolute Gasteiger partial charge is 0.331 e. The molecule has 0 aliphatic carbocycles. The number of benzene rings is 1. The standard InChI is InChI=1S/C11H11BrN2O2/c1-7-5-8(3-4-9(7)12)14-10(15)6-13(2)11(14)16/h3-5H,6H2,1-2H3. The SMILES string of the molecule is Cc1cc(N2C(=O)CN(C)C2=O)ccc1Br. The molecule has 0 unspecified atom stereocenters. The number of anilines is 1. The number of amides is 3. The number of nitrogens with zero attached hydrogens (tertiary/aromatic N) is 2. The van der Waals surface area contributed by atoms with Gasteiger partial charge in [0, 0.05) is 11.5 Å². The Bertz CT molecular complexity index is 473. The molecule has 0 spiro atoms. The molecule has 0 atom stereocenters. The predicted molar refractivity (Wildman–Crippen MR) is 64.4 cm³/mol. The van der Waals surface area contributed by atoms with E-state index in [4.69, 9.17) is 0 Å². The van der Waals surface area contributed by atoms with Crippen molar-refractivity contribution in [2.24, 2.45) is 0 Å². The molecular formula is C11H11BrN2O2. The lowest BCUT2D eigenvalue weighted by Crippen LogP contribution is -2.31. The normalized spacial score (nSPS) is 16.2. The summed E-state index contributed by atoms with van der Waals surface area (Å²) in [6.45, 7) is 2.07. The number of imide groups is 1. The van der Waals surface area contributed by atoms with Crippen LogP contribution in [-0.2, 0) is 4.79 Å². The first-order chi connectivity index (χ1) is 7.50. The van der Waals surface area contributed by atoms with E-state index in [1.54, 1.807) is 13.1 Å². The highest BCUT2D eigenvalue weighted by molar-refractivity contribution is 9.10. The van der Waals surface area contributed by atoms with Crippen LogP contribution in [0.3, 0.4) is 0 Å². The molecule has 1 aromatic rings. The minimum atomic E-state index is -0.272. The van der Waals surface area contributed by atoms with Gasteiger partial charge in [-0.3, -0.25) is 4.79 Å². The van der Waals surface area contributed by atoms with E-state index in [2.05, 4.69) is 15.9 Å². The molecule has 0 radical (unpaired) electrons. The number of aryl methyl sites for hydroxylation is 1. The van der Waals surface area contributed by atoms with E-state index in [0.717, 1.165) is 10.0 Å². The number of carbonyl (C=O) groups excluding carboxylic acids is 2. The third-order valence-corrected chi connectivity index (χ3v) is 3.43. The number of halogens is 1. The first kappa shape index (κ1) is 11.1. The van der Waals surface area contributed by atoms with Crippen LogP contribution in [0.15, 0.2) is 22.7 Å². The van der Waals surface area contributed by atoms with Gasteiger partial charge >= 0.3 is 6.03 Å². The van der Waals surface area contributed by atoms with Gasteiger partial charge in [-0.2, -0.15) is 0 Å². The molecule has 1 aromatic carbocycles. The lowest BCUT2D eigenvalue weighted by Gasteiger charge is -2.15. The molecule has 0 N–H and O–H groups in total. The van der Waals surface area contributed by atoms with Gasteiger partial charge in [0.1, 0.15) is 6.54 Å². The van der Waals surface area contributed by atoms with Crippen LogP contribution in [0.4, 0.5) is 10.5 Å². The van der Waals surface area contributed by atoms with Crippen molar-refractivity contribution in [2.75, 3.05) is 18.5 Å². The second-order valence-electron chi connectivity index (χ2n) is 3.80. The van der Waals surface area contributed by atoms with Crippen LogP contribution < -0.4 is 4.90 Å². The fourth-order valence-corrected chi connectivity index (χ4v) is 1.89. The van der Waals surface area contributed by atoms with Crippen LogP contribution in [0.5, 0.6) is 0 Å². The molecule has 5 heteroatoms. The smallest absolute Gasteiger partial charge is 0.318 e. The second kappa shape index (κ2) is 3.90. The van der Waals surface area contributed by atoms with Crippen LogP contribution in [0.25, 0.3) is 0 Å². The highest BCUT2D eigenvalue weighted by atomic mass is 79.9. The Morgan fingerprint density at radius 1 is 1.31 bits per heavy atom. The average molecular weight is 283 g/mol. The van der Waals surface area contributed by atoms with Gasteiger partial charge in [-0.25, -0.2) is 9.69 Å². The maximum atomic E-state index is 11.7. The van der Waals surface area contributed by atoms with Crippen LogP contribution in [0, 0.1) is 6.92 Å². The average Bonchev–Trinajstić information content (AvgIpc) is 2.47. The van der Waals surface area contributed by atoms with Crippen molar-refractivity contribution in [1.82, 2.24) is 4.90 Å². The van der Waals surface area contributed by atoms with E-state index >= 15 is 0 Å². The van der Waals surface area contributed by atoms with E-state index in [0.29, 0.717) is 5.69 Å². The molecule has 4 nitrogen and oxygen atoms in total. The van der Waals surface area contributed by atoms with Gasteiger partial charge in [-0.05, 0) is 30.7 Å². The Hall–Kier alpha value is -1.36. The fraction of sp³-hybridized carbons (Fsp3) is 0.273. The Labute approximate surface area is 102 Å². The number of rotatable bonds is 1. The molecule has 1 aliphatic heterocycles. The summed E-state index contributed by atoms with van der Waals surface area (Å²) < 4.78 is 0.962. The third kappa shape index (κ3) is 1.71. The first-order valence-electron chi connectivity index (χ1n) is 4.85. The zero-order valence-electron chi connectivity index (χ0n) is 9.03. The molecule has 1 fully saturated rings. The third-order valence-electron chi connectivity index (χ3n) is 2.54. The Balaban J connectivity index is 2.41. The van der Waals surface area contributed by atoms with Crippen LogP contribution >= 0.6 is 15.9 Å². The summed E-state index contributed by atoms with van der Waals surface area (Å²) in [6, 6.07) is 5.14. The summed E-state index contributed by atoms with van der Waals surface area (Å²) in [4.78, 5) is 26.0. The monoisotopic (exact) mass is 282 g/mol. The minimum Gasteiger partial charge on any atom is -0.318 e. The second-order valence-corrected chi connectivity index (χ2v) is 4.66. The van der Waals surface area contributed by atoms with Gasteiger partial charge < -0.3 is 4.90 Å². The van der Waals surface area contributed by atoms with E-state index < -0.39 is 0 Å². The quantitative estimate of drug-likeness (QED) is 0.741. The number of urea groups is 1. The van der Waals surface area contributed by atoms with Crippen molar-refractivity contribution in [1.29, 1.82) is 0 Å². The molecular weight excluding hydrogens is 272 g/mol. The lowest BCUT2D eigenvalue weighted by molar-refractivity contribution is -0.116. The van der Waals surface area contributed by atoms with Crippen LogP contribution in [0.2, 0.25) is 0 Å². The number of carbonyl (C=O) groups is 2. The lowest BCUT2D eigenvalue weighted by atomic mass is 10.2. The maximum absolute atomic E-state index is 11.7. The van der Waals surface area contributed by atoms with Gasteiger partial charge in [0.2, 0.25) is 0 Å². The van der Waals surface area contributed by atoms with Crippen molar-refractivity contribution < 1.29 is 9.59 Å². The van der Waals surface area contributed by atoms with Gasteiger partial charge in [0.15, 0.2) is 0 Å². The van der Waals surface area contributed by atoms with Crippen molar-refractivity contribution in [3.05, 3.63) is 28.2 Å². The number of hydrogen-bond acceptors (Lipinski definition) is 2. The van der Waals surface area contributed by atoms with Crippen LogP contribution in [0.1, 0.15) is 5.56 Å². The fourth-order valence-electron chi connectivity index (χ4n) is 1.64. The summed E-state index contributed by atoms with van der Waals surface area (Å²) in [5.74, 6) is -0.186. The summed E-state index contributed by atoms with van der Waals surface area (Å²) >= 11 is 3.38. The van der Waals surface area contributed by atoms with E-state index in [1.807, 2.05) is 19.1 Å². The summed E-state index contributed by atoms with van der Waals surface area (Å²) in [7, 11) is 1.62. The molecule has 3 amide bonds. The summed E-state index contributed by atoms with van der Waals surface area (Å²) in [6.07, 6.45) is 0. The molecule has 0 aromatic heterocycles. The van der Waals surface area contributed by atoms with Crippen molar-refractivity contribution in [3.63, 3.8) is 0 Å². The molecule has 2 rings (SSSR count). The molecule has 1 saturated heterocycles. The maximum Gasteiger partial charge on any atom is 0.331 e. The zero-order chi connectivity index (χ0) is 11.9. The number of likely N-dealkylation sites (N-methyl/N-ethyl adjacent to an activating group) is 1. The molecule has 1 heterocycles. The van der Waals surface area contributed by atoms with Gasteiger partial charge in [0.05, 0.1) is 5.69 Å². The number of hydrogen-bond donors (Lipinski definition) is 0. The van der Waals surface area contributed by atoms with Crippen molar-refractivity contribution in [2.45, 2.75) is 6.92 Å². The molecule has 0 bridgehead atoms. The van der Waals surface area contributed by atoms with Gasteiger partial charge in [0.25, 0.3) is 5.91 Å². The van der Waals surface area contributed by atoms with E-state index in [-0.39, 0.29) is 18.5 Å². The molecule has 84 valence electrons. The highest BCUT2D eigenvalue weighted by Gasteiger charge is 2.34. The Kier molecular flexibility index (Phi) is 2.71. The Morgan fingerprint density at radius 3 is 2.50 bits per heavy atom. The molecule has 1 aliphatic rings. The summed E-state index contributed by atoms with van der Waals surface area (Å²) in [5.41, 5.74) is 1.62.